The Morgan fingerprint density at radius 2 is 1.83 bits per heavy atom. The lowest BCUT2D eigenvalue weighted by molar-refractivity contribution is 0.240. The maximum absolute atomic E-state index is 5.62. The quantitative estimate of drug-likeness (QED) is 0.632. The number of ether oxygens (including phenoxy) is 1. The Morgan fingerprint density at radius 1 is 1.03 bits per heavy atom. The number of anilines is 2. The monoisotopic (exact) mass is 403 g/mol. The molecule has 1 fully saturated rings. The van der Waals surface area contributed by atoms with E-state index < -0.39 is 0 Å². The molecule has 0 bridgehead atoms. The molecule has 6 heteroatoms. The third kappa shape index (κ3) is 4.60. The summed E-state index contributed by atoms with van der Waals surface area (Å²) in [4.78, 5) is 16.3. The van der Waals surface area contributed by atoms with Crippen LogP contribution in [0.2, 0.25) is 0 Å². The highest BCUT2D eigenvalue weighted by atomic mass is 16.5. The van der Waals surface area contributed by atoms with Gasteiger partial charge in [0, 0.05) is 23.5 Å². The molecule has 1 aromatic carbocycles. The third-order valence-corrected chi connectivity index (χ3v) is 5.51. The van der Waals surface area contributed by atoms with Crippen molar-refractivity contribution < 1.29 is 4.74 Å². The van der Waals surface area contributed by atoms with Crippen molar-refractivity contribution in [3.8, 4) is 5.75 Å². The summed E-state index contributed by atoms with van der Waals surface area (Å²) in [5.74, 6) is 2.32. The minimum atomic E-state index is 0.290. The number of aromatic nitrogens is 3. The molecule has 6 nitrogen and oxygen atoms in total. The first-order chi connectivity index (χ1) is 14.5. The van der Waals surface area contributed by atoms with E-state index in [0.717, 1.165) is 48.2 Å². The van der Waals surface area contributed by atoms with Gasteiger partial charge in [0.15, 0.2) is 0 Å². The molecule has 0 radical (unpaired) electrons. The summed E-state index contributed by atoms with van der Waals surface area (Å²) in [6.07, 6.45) is 2.27. The van der Waals surface area contributed by atoms with Gasteiger partial charge in [-0.25, -0.2) is 15.0 Å². The van der Waals surface area contributed by atoms with Crippen LogP contribution in [0.4, 0.5) is 11.8 Å². The van der Waals surface area contributed by atoms with Crippen molar-refractivity contribution in [3.05, 3.63) is 70.7 Å². The van der Waals surface area contributed by atoms with Gasteiger partial charge >= 0.3 is 0 Å². The van der Waals surface area contributed by atoms with Crippen LogP contribution in [0.25, 0.3) is 0 Å². The Hall–Kier alpha value is -2.99. The molecule has 1 aliphatic rings. The molecule has 156 valence electrons. The lowest BCUT2D eigenvalue weighted by Gasteiger charge is -2.25. The van der Waals surface area contributed by atoms with Crippen LogP contribution in [-0.2, 0) is 6.54 Å². The first kappa shape index (κ1) is 20.3. The Kier molecular flexibility index (Phi) is 5.95. The highest BCUT2D eigenvalue weighted by molar-refractivity contribution is 5.48. The number of likely N-dealkylation sites (tertiary alicyclic amines) is 1. The van der Waals surface area contributed by atoms with Gasteiger partial charge in [0.25, 0.3) is 0 Å². The van der Waals surface area contributed by atoms with E-state index in [2.05, 4.69) is 57.4 Å². The molecule has 0 amide bonds. The Morgan fingerprint density at radius 3 is 2.60 bits per heavy atom. The lowest BCUT2D eigenvalue weighted by atomic mass is 10.1. The maximum Gasteiger partial charge on any atom is 0.228 e. The van der Waals surface area contributed by atoms with E-state index in [1.54, 1.807) is 7.11 Å². The summed E-state index contributed by atoms with van der Waals surface area (Å²) >= 11 is 0. The zero-order valence-corrected chi connectivity index (χ0v) is 18.1. The van der Waals surface area contributed by atoms with E-state index in [1.807, 2.05) is 26.0 Å². The van der Waals surface area contributed by atoms with Gasteiger partial charge in [-0.1, -0.05) is 18.2 Å². The number of aryl methyl sites for hydroxylation is 3. The minimum Gasteiger partial charge on any atom is -0.496 e. The van der Waals surface area contributed by atoms with E-state index in [-0.39, 0.29) is 6.04 Å². The minimum absolute atomic E-state index is 0.290. The first-order valence-electron chi connectivity index (χ1n) is 10.5. The van der Waals surface area contributed by atoms with E-state index in [0.29, 0.717) is 5.95 Å². The fourth-order valence-electron chi connectivity index (χ4n) is 4.15. The van der Waals surface area contributed by atoms with Crippen LogP contribution in [0.15, 0.2) is 42.5 Å². The third-order valence-electron chi connectivity index (χ3n) is 5.51. The highest BCUT2D eigenvalue weighted by Crippen LogP contribution is 2.34. The molecule has 1 atom stereocenters. The van der Waals surface area contributed by atoms with Crippen LogP contribution in [0.5, 0.6) is 5.75 Å². The fourth-order valence-corrected chi connectivity index (χ4v) is 4.15. The molecule has 0 spiro atoms. The van der Waals surface area contributed by atoms with E-state index >= 15 is 0 Å². The molecule has 1 saturated heterocycles. The van der Waals surface area contributed by atoms with Crippen molar-refractivity contribution >= 4 is 11.8 Å². The molecule has 1 N–H and O–H groups in total. The second-order valence-electron chi connectivity index (χ2n) is 7.99. The predicted molar refractivity (Wildman–Crippen MR) is 119 cm³/mol. The molecule has 3 heterocycles. The number of pyridine rings is 1. The normalized spacial score (nSPS) is 16.6. The van der Waals surface area contributed by atoms with Gasteiger partial charge in [-0.2, -0.15) is 0 Å². The Labute approximate surface area is 178 Å². The Bertz CT molecular complexity index is 1020. The van der Waals surface area contributed by atoms with Gasteiger partial charge in [-0.05, 0) is 70.0 Å². The molecule has 1 aliphatic heterocycles. The van der Waals surface area contributed by atoms with Crippen LogP contribution in [0, 0.1) is 20.8 Å². The number of benzene rings is 1. The molecular formula is C24H29N5O. The molecule has 4 rings (SSSR count). The zero-order chi connectivity index (χ0) is 21.1. The summed E-state index contributed by atoms with van der Waals surface area (Å²) < 4.78 is 5.62. The number of nitrogens with one attached hydrogen (secondary N) is 1. The van der Waals surface area contributed by atoms with Gasteiger partial charge in [0.1, 0.15) is 11.6 Å². The zero-order valence-electron chi connectivity index (χ0n) is 18.1. The van der Waals surface area contributed by atoms with Crippen LogP contribution >= 0.6 is 0 Å². The van der Waals surface area contributed by atoms with E-state index in [4.69, 9.17) is 9.72 Å². The van der Waals surface area contributed by atoms with Crippen molar-refractivity contribution in [1.29, 1.82) is 0 Å². The van der Waals surface area contributed by atoms with Gasteiger partial charge in [0.05, 0.1) is 18.8 Å². The van der Waals surface area contributed by atoms with Gasteiger partial charge in [-0.15, -0.1) is 0 Å². The molecular weight excluding hydrogens is 374 g/mol. The number of rotatable bonds is 6. The van der Waals surface area contributed by atoms with Gasteiger partial charge < -0.3 is 10.1 Å². The van der Waals surface area contributed by atoms with Crippen LogP contribution in [0.1, 0.15) is 47.1 Å². The van der Waals surface area contributed by atoms with Crippen molar-refractivity contribution in [2.75, 3.05) is 19.0 Å². The second-order valence-corrected chi connectivity index (χ2v) is 7.99. The van der Waals surface area contributed by atoms with Crippen LogP contribution in [-0.4, -0.2) is 33.5 Å². The maximum atomic E-state index is 5.62. The predicted octanol–water partition coefficient (Wildman–Crippen LogP) is 4.89. The topological polar surface area (TPSA) is 63.2 Å². The first-order valence-corrected chi connectivity index (χ1v) is 10.5. The highest BCUT2D eigenvalue weighted by Gasteiger charge is 2.28. The second kappa shape index (κ2) is 8.79. The Balaban J connectivity index is 1.54. The molecule has 0 aliphatic carbocycles. The van der Waals surface area contributed by atoms with Crippen molar-refractivity contribution in [3.63, 3.8) is 0 Å². The molecule has 3 aromatic rings. The van der Waals surface area contributed by atoms with Crippen molar-refractivity contribution in [1.82, 2.24) is 19.9 Å². The summed E-state index contributed by atoms with van der Waals surface area (Å²) in [5.41, 5.74) is 5.38. The summed E-state index contributed by atoms with van der Waals surface area (Å²) in [5, 5.41) is 3.27. The summed E-state index contributed by atoms with van der Waals surface area (Å²) in [6.45, 7) is 7.95. The van der Waals surface area contributed by atoms with Gasteiger partial charge in [-0.3, -0.25) is 4.90 Å². The number of hydrogen-bond donors (Lipinski definition) is 1. The number of methoxy groups -OCH3 is 1. The molecule has 1 unspecified atom stereocenters. The largest absolute Gasteiger partial charge is 0.496 e. The smallest absolute Gasteiger partial charge is 0.228 e. The lowest BCUT2D eigenvalue weighted by Crippen LogP contribution is -2.24. The summed E-state index contributed by atoms with van der Waals surface area (Å²) in [7, 11) is 1.74. The average molecular weight is 404 g/mol. The number of nitrogens with zero attached hydrogens (tertiary/aromatic N) is 4. The average Bonchev–Trinajstić information content (AvgIpc) is 3.17. The van der Waals surface area contributed by atoms with Gasteiger partial charge in [0.2, 0.25) is 5.95 Å². The van der Waals surface area contributed by atoms with Crippen molar-refractivity contribution in [2.24, 2.45) is 0 Å². The fraction of sp³-hybridized carbons (Fsp3) is 0.375. The van der Waals surface area contributed by atoms with E-state index in [9.17, 15) is 0 Å². The van der Waals surface area contributed by atoms with Crippen LogP contribution < -0.4 is 10.1 Å². The molecule has 30 heavy (non-hydrogen) atoms. The standard InChI is InChI=1S/C24H29N5O/c1-16-10-11-19(22(13-16)30-4)15-29-12-6-8-21(29)20-7-5-9-23(27-20)28-24-25-17(2)14-18(3)26-24/h5,7,9-11,13-14,21H,6,8,12,15H2,1-4H3,(H,25,26,27,28). The van der Waals surface area contributed by atoms with Crippen LogP contribution in [0.3, 0.4) is 0 Å². The molecule has 0 saturated carbocycles. The number of hydrogen-bond acceptors (Lipinski definition) is 6. The van der Waals surface area contributed by atoms with Crippen molar-refractivity contribution in [2.45, 2.75) is 46.2 Å². The van der Waals surface area contributed by atoms with E-state index in [1.165, 1.54) is 17.5 Å². The summed E-state index contributed by atoms with van der Waals surface area (Å²) in [6, 6.07) is 14.8. The molecule has 2 aromatic heterocycles. The SMILES string of the molecule is COc1cc(C)ccc1CN1CCCC1c1cccc(Nc2nc(C)cc(C)n2)n1.